The van der Waals surface area contributed by atoms with Crippen molar-refractivity contribution in [1.82, 2.24) is 0 Å². The number of hydrogen-bond acceptors (Lipinski definition) is 4. The van der Waals surface area contributed by atoms with Crippen molar-refractivity contribution in [3.8, 4) is 5.75 Å². The lowest BCUT2D eigenvalue weighted by atomic mass is 9.84. The highest BCUT2D eigenvalue weighted by Crippen LogP contribution is 2.32. The van der Waals surface area contributed by atoms with Crippen molar-refractivity contribution in [2.75, 3.05) is 26.9 Å². The zero-order valence-corrected chi connectivity index (χ0v) is 12.6. The van der Waals surface area contributed by atoms with Crippen LogP contribution in [0.1, 0.15) is 25.3 Å². The molecular weight excluding hydrogens is 275 g/mol. The van der Waals surface area contributed by atoms with E-state index in [2.05, 4.69) is 0 Å². The molecule has 1 aliphatic rings. The lowest BCUT2D eigenvalue weighted by Gasteiger charge is -2.40. The van der Waals surface area contributed by atoms with Gasteiger partial charge in [-0.3, -0.25) is 0 Å². The lowest BCUT2D eigenvalue weighted by molar-refractivity contribution is -0.165. The molecule has 1 aromatic carbocycles. The first-order valence-corrected chi connectivity index (χ1v) is 7.34. The van der Waals surface area contributed by atoms with Gasteiger partial charge in [-0.25, -0.2) is 4.39 Å². The molecule has 21 heavy (non-hydrogen) atoms. The molecule has 5 heteroatoms. The minimum atomic E-state index is -0.775. The van der Waals surface area contributed by atoms with E-state index < -0.39 is 17.5 Å². The number of hydrogen-bond donors (Lipinski definition) is 1. The summed E-state index contributed by atoms with van der Waals surface area (Å²) in [5.74, 6) is -0.227. The average Bonchev–Trinajstić information content (AvgIpc) is 2.50. The summed E-state index contributed by atoms with van der Waals surface area (Å²) in [5, 5.41) is 10.6. The van der Waals surface area contributed by atoms with Gasteiger partial charge in [-0.15, -0.1) is 0 Å². The Labute approximate surface area is 124 Å². The fraction of sp³-hybridized carbons (Fsp3) is 0.625. The van der Waals surface area contributed by atoms with Crippen molar-refractivity contribution in [3.63, 3.8) is 0 Å². The summed E-state index contributed by atoms with van der Waals surface area (Å²) in [6, 6.07) is 4.96. The van der Waals surface area contributed by atoms with E-state index >= 15 is 0 Å². The predicted octanol–water partition coefficient (Wildman–Crippen LogP) is 2.32. The topological polar surface area (TPSA) is 47.9 Å². The van der Waals surface area contributed by atoms with Gasteiger partial charge in [0.1, 0.15) is 0 Å². The summed E-state index contributed by atoms with van der Waals surface area (Å²) in [7, 11) is 1.43. The lowest BCUT2D eigenvalue weighted by Crippen LogP contribution is -2.50. The zero-order chi connectivity index (χ0) is 15.3. The second kappa shape index (κ2) is 7.20. The Bertz CT molecular complexity index is 452. The second-order valence-electron chi connectivity index (χ2n) is 5.26. The van der Waals surface area contributed by atoms with Crippen LogP contribution in [0.15, 0.2) is 18.2 Å². The highest BCUT2D eigenvalue weighted by molar-refractivity contribution is 5.31. The van der Waals surface area contributed by atoms with Gasteiger partial charge >= 0.3 is 0 Å². The fourth-order valence-electron chi connectivity index (χ4n) is 2.84. The third-order valence-electron chi connectivity index (χ3n) is 4.05. The number of methoxy groups -OCH3 is 1. The summed E-state index contributed by atoms with van der Waals surface area (Å²) >= 11 is 0. The molecule has 0 bridgehead atoms. The molecule has 118 valence electrons. The van der Waals surface area contributed by atoms with E-state index in [4.69, 9.17) is 14.2 Å². The molecule has 2 rings (SSSR count). The van der Waals surface area contributed by atoms with Crippen molar-refractivity contribution >= 4 is 0 Å². The standard InChI is InChI=1S/C16H23FO4/c1-3-21-16(7-9-20-10-8-16)14(18)11-12-5-4-6-13(19-2)15(12)17/h4-6,14,18H,3,7-11H2,1-2H3. The highest BCUT2D eigenvalue weighted by Gasteiger charge is 2.40. The Hall–Kier alpha value is -1.17. The van der Waals surface area contributed by atoms with Crippen molar-refractivity contribution in [3.05, 3.63) is 29.6 Å². The third kappa shape index (κ3) is 3.54. The minimum absolute atomic E-state index is 0.192. The first-order chi connectivity index (χ1) is 10.1. The molecule has 0 spiro atoms. The molecule has 0 radical (unpaired) electrons. The Morgan fingerprint density at radius 3 is 2.71 bits per heavy atom. The molecule has 0 amide bonds. The molecule has 1 heterocycles. The zero-order valence-electron chi connectivity index (χ0n) is 12.6. The summed E-state index contributed by atoms with van der Waals surface area (Å²) in [4.78, 5) is 0. The van der Waals surface area contributed by atoms with Gasteiger partial charge in [0.05, 0.1) is 18.8 Å². The third-order valence-corrected chi connectivity index (χ3v) is 4.05. The molecule has 1 unspecified atom stereocenters. The van der Waals surface area contributed by atoms with E-state index in [1.54, 1.807) is 18.2 Å². The molecule has 1 saturated heterocycles. The number of aliphatic hydroxyl groups is 1. The molecule has 0 saturated carbocycles. The van der Waals surface area contributed by atoms with Gasteiger partial charge in [0.15, 0.2) is 11.6 Å². The van der Waals surface area contributed by atoms with Crippen LogP contribution in [-0.2, 0) is 15.9 Å². The van der Waals surface area contributed by atoms with Crippen molar-refractivity contribution in [2.45, 2.75) is 37.9 Å². The molecular formula is C16H23FO4. The summed E-state index contributed by atoms with van der Waals surface area (Å²) in [5.41, 5.74) is -0.213. The SMILES string of the molecule is CCOC1(C(O)Cc2cccc(OC)c2F)CCOCC1. The minimum Gasteiger partial charge on any atom is -0.494 e. The first kappa shape index (κ1) is 16.2. The van der Waals surface area contributed by atoms with Crippen molar-refractivity contribution < 1.29 is 23.7 Å². The molecule has 1 N–H and O–H groups in total. The molecule has 1 aliphatic heterocycles. The van der Waals surface area contributed by atoms with Crippen LogP contribution < -0.4 is 4.74 Å². The maximum atomic E-state index is 14.2. The molecule has 1 fully saturated rings. The maximum absolute atomic E-state index is 14.2. The maximum Gasteiger partial charge on any atom is 0.168 e. The molecule has 0 aliphatic carbocycles. The van der Waals surface area contributed by atoms with Gasteiger partial charge in [0, 0.05) is 39.1 Å². The number of benzene rings is 1. The Balaban J connectivity index is 2.17. The Morgan fingerprint density at radius 2 is 2.10 bits per heavy atom. The van der Waals surface area contributed by atoms with Gasteiger partial charge in [0.2, 0.25) is 0 Å². The average molecular weight is 298 g/mol. The van der Waals surface area contributed by atoms with Gasteiger partial charge in [-0.1, -0.05) is 12.1 Å². The van der Waals surface area contributed by atoms with Crippen LogP contribution in [0.2, 0.25) is 0 Å². The van der Waals surface area contributed by atoms with Crippen LogP contribution in [0.25, 0.3) is 0 Å². The van der Waals surface area contributed by atoms with Crippen LogP contribution in [0.4, 0.5) is 4.39 Å². The number of halogens is 1. The van der Waals surface area contributed by atoms with Crippen molar-refractivity contribution in [1.29, 1.82) is 0 Å². The monoisotopic (exact) mass is 298 g/mol. The van der Waals surface area contributed by atoms with E-state index in [0.29, 0.717) is 38.2 Å². The van der Waals surface area contributed by atoms with Crippen LogP contribution in [0.3, 0.4) is 0 Å². The van der Waals surface area contributed by atoms with E-state index in [0.717, 1.165) is 0 Å². The van der Waals surface area contributed by atoms with E-state index in [9.17, 15) is 9.50 Å². The summed E-state index contributed by atoms with van der Waals surface area (Å²) in [6.45, 7) is 3.52. The van der Waals surface area contributed by atoms with Crippen molar-refractivity contribution in [2.24, 2.45) is 0 Å². The van der Waals surface area contributed by atoms with Gasteiger partial charge in [0.25, 0.3) is 0 Å². The predicted molar refractivity (Wildman–Crippen MR) is 77.1 cm³/mol. The van der Waals surface area contributed by atoms with Crippen LogP contribution in [0.5, 0.6) is 5.75 Å². The number of rotatable bonds is 6. The smallest absolute Gasteiger partial charge is 0.168 e. The number of aliphatic hydroxyl groups excluding tert-OH is 1. The van der Waals surface area contributed by atoms with Crippen LogP contribution >= 0.6 is 0 Å². The summed E-state index contributed by atoms with van der Waals surface area (Å²) in [6.07, 6.45) is 0.660. The van der Waals surface area contributed by atoms with Gasteiger partial charge < -0.3 is 19.3 Å². The highest BCUT2D eigenvalue weighted by atomic mass is 19.1. The number of ether oxygens (including phenoxy) is 3. The largest absolute Gasteiger partial charge is 0.494 e. The van der Waals surface area contributed by atoms with Gasteiger partial charge in [-0.05, 0) is 18.6 Å². The molecule has 1 aromatic rings. The first-order valence-electron chi connectivity index (χ1n) is 7.34. The summed E-state index contributed by atoms with van der Waals surface area (Å²) < 4.78 is 30.4. The van der Waals surface area contributed by atoms with E-state index in [-0.39, 0.29) is 12.2 Å². The van der Waals surface area contributed by atoms with Gasteiger partial charge in [-0.2, -0.15) is 0 Å². The van der Waals surface area contributed by atoms with E-state index in [1.807, 2.05) is 6.92 Å². The Kier molecular flexibility index (Phi) is 5.56. The van der Waals surface area contributed by atoms with E-state index in [1.165, 1.54) is 7.11 Å². The van der Waals surface area contributed by atoms with Crippen LogP contribution in [-0.4, -0.2) is 43.7 Å². The quantitative estimate of drug-likeness (QED) is 0.875. The Morgan fingerprint density at radius 1 is 1.38 bits per heavy atom. The normalized spacial score (nSPS) is 19.2. The second-order valence-corrected chi connectivity index (χ2v) is 5.26. The van der Waals surface area contributed by atoms with Crippen LogP contribution in [0, 0.1) is 5.82 Å². The molecule has 4 nitrogen and oxygen atoms in total. The molecule has 0 aromatic heterocycles. The molecule has 1 atom stereocenters. The fourth-order valence-corrected chi connectivity index (χ4v) is 2.84.